The van der Waals surface area contributed by atoms with Crippen LogP contribution in [0.3, 0.4) is 0 Å². The number of carboxylic acids is 1. The van der Waals surface area contributed by atoms with Crippen LogP contribution in [-0.2, 0) is 40.3 Å². The number of hydroxylamine groups is 2. The summed E-state index contributed by atoms with van der Waals surface area (Å²) >= 11 is 0.967. The van der Waals surface area contributed by atoms with Gasteiger partial charge in [0, 0.05) is 17.0 Å². The molecule has 3 aliphatic rings. The zero-order chi connectivity index (χ0) is 35.7. The minimum absolute atomic E-state index is 0.0605. The van der Waals surface area contributed by atoms with E-state index in [1.807, 2.05) is 6.07 Å². The van der Waals surface area contributed by atoms with Crippen LogP contribution in [0.5, 0.6) is 5.75 Å². The predicted molar refractivity (Wildman–Crippen MR) is 175 cm³/mol. The number of carbonyl (C=O) groups is 3. The van der Waals surface area contributed by atoms with Gasteiger partial charge in [0.25, 0.3) is 17.4 Å². The van der Waals surface area contributed by atoms with Crippen molar-refractivity contribution in [2.24, 2.45) is 5.16 Å². The number of ether oxygens (including phenoxy) is 1. The van der Waals surface area contributed by atoms with Crippen LogP contribution >= 0.6 is 11.3 Å². The van der Waals surface area contributed by atoms with Gasteiger partial charge in [0.15, 0.2) is 16.9 Å². The van der Waals surface area contributed by atoms with Crippen molar-refractivity contribution in [3.63, 3.8) is 0 Å². The first-order valence-corrected chi connectivity index (χ1v) is 17.6. The molecule has 49 heavy (non-hydrogen) atoms. The fourth-order valence-corrected chi connectivity index (χ4v) is 6.78. The number of fused-ring (bicyclic) bond motifs is 1. The molecule has 0 bridgehead atoms. The summed E-state index contributed by atoms with van der Waals surface area (Å²) < 4.78 is 41.8. The molecule has 8 N–H and O–H groups in total. The molecule has 4 heterocycles. The molecule has 4 atom stereocenters. The Bertz CT molecular complexity index is 1770. The highest BCUT2D eigenvalue weighted by molar-refractivity contribution is 7.80. The molecular formula is C29H38N8O10S2. The van der Waals surface area contributed by atoms with Crippen molar-refractivity contribution in [1.82, 2.24) is 26.0 Å². The van der Waals surface area contributed by atoms with E-state index in [9.17, 15) is 27.9 Å². The van der Waals surface area contributed by atoms with Crippen LogP contribution in [0.4, 0.5) is 5.13 Å². The minimum Gasteiger partial charge on any atom is -0.485 e. The molecule has 18 nitrogen and oxygen atoms in total. The first-order chi connectivity index (χ1) is 23.0. The van der Waals surface area contributed by atoms with Crippen LogP contribution in [0.2, 0.25) is 0 Å². The first-order valence-electron chi connectivity index (χ1n) is 15.4. The van der Waals surface area contributed by atoms with Gasteiger partial charge in [-0.15, -0.1) is 15.6 Å². The zero-order valence-electron chi connectivity index (χ0n) is 26.9. The van der Waals surface area contributed by atoms with Gasteiger partial charge in [-0.2, -0.15) is 13.5 Å². The monoisotopic (exact) mass is 722 g/mol. The molecule has 0 saturated carbocycles. The Morgan fingerprint density at radius 2 is 2.02 bits per heavy atom. The van der Waals surface area contributed by atoms with Crippen molar-refractivity contribution in [3.05, 3.63) is 40.4 Å². The first kappa shape index (κ1) is 35.9. The number of nitrogens with zero attached hydrogens (tertiary/aromatic N) is 3. The topological polar surface area (TPSA) is 268 Å². The number of rotatable bonds is 11. The zero-order valence-corrected chi connectivity index (χ0v) is 28.5. The number of thiazole rings is 1. The number of anilines is 1. The molecular weight excluding hydrogens is 684 g/mol. The summed E-state index contributed by atoms with van der Waals surface area (Å²) in [7, 11) is -5.03. The van der Waals surface area contributed by atoms with Crippen LogP contribution in [0.25, 0.3) is 0 Å². The van der Waals surface area contributed by atoms with E-state index < -0.39 is 57.2 Å². The fraction of sp³-hybridized carbons (Fsp3) is 0.517. The van der Waals surface area contributed by atoms with E-state index in [4.69, 9.17) is 25.3 Å². The van der Waals surface area contributed by atoms with Crippen molar-refractivity contribution in [3.8, 4) is 5.75 Å². The quantitative estimate of drug-likeness (QED) is 0.0550. The summed E-state index contributed by atoms with van der Waals surface area (Å²) in [6.07, 6.45) is 2.43. The molecule has 2 fully saturated rings. The smallest absolute Gasteiger partial charge is 0.418 e. The normalized spacial score (nSPS) is 23.5. The Morgan fingerprint density at radius 1 is 1.27 bits per heavy atom. The molecule has 0 radical (unpaired) electrons. The second kappa shape index (κ2) is 13.9. The Morgan fingerprint density at radius 3 is 2.67 bits per heavy atom. The second-order valence-electron chi connectivity index (χ2n) is 12.6. The van der Waals surface area contributed by atoms with E-state index in [1.165, 1.54) is 26.2 Å². The number of amidine groups is 1. The third-order valence-electron chi connectivity index (χ3n) is 8.68. The summed E-state index contributed by atoms with van der Waals surface area (Å²) in [5.74, 6) is -2.73. The number of oxime groups is 1. The highest BCUT2D eigenvalue weighted by Gasteiger charge is 2.58. The van der Waals surface area contributed by atoms with Gasteiger partial charge in [0.05, 0.1) is 5.54 Å². The maximum Gasteiger partial charge on any atom is 0.418 e. The highest BCUT2D eigenvalue weighted by atomic mass is 32.3. The second-order valence-corrected chi connectivity index (χ2v) is 14.5. The minimum atomic E-state index is -5.03. The van der Waals surface area contributed by atoms with E-state index in [1.54, 1.807) is 12.1 Å². The van der Waals surface area contributed by atoms with Crippen molar-refractivity contribution < 1.29 is 46.3 Å². The number of aromatic nitrogens is 1. The van der Waals surface area contributed by atoms with Gasteiger partial charge in [0.2, 0.25) is 0 Å². The molecule has 2 aromatic rings. The third-order valence-corrected chi connectivity index (χ3v) is 9.70. The van der Waals surface area contributed by atoms with Crippen molar-refractivity contribution in [2.75, 3.05) is 18.8 Å². The predicted octanol–water partition coefficient (Wildman–Crippen LogP) is 0.580. The Kier molecular flexibility index (Phi) is 10.2. The lowest BCUT2D eigenvalue weighted by molar-refractivity contribution is -0.218. The van der Waals surface area contributed by atoms with Gasteiger partial charge < -0.3 is 36.4 Å². The van der Waals surface area contributed by atoms with Crippen LogP contribution < -0.4 is 26.4 Å². The molecule has 2 saturated heterocycles. The number of carbonyl (C=O) groups excluding carboxylic acids is 2. The van der Waals surface area contributed by atoms with Gasteiger partial charge in [-0.25, -0.2) is 9.78 Å². The number of nitrogen functional groups attached to an aromatic ring is 1. The number of aryl methyl sites for hydroxylation is 1. The number of nitrogens with two attached hydrogens (primary N) is 1. The molecule has 20 heteroatoms. The maximum atomic E-state index is 13.5. The Labute approximate surface area is 285 Å². The number of aliphatic carboxylic acids is 1. The van der Waals surface area contributed by atoms with Crippen LogP contribution in [0, 0.1) is 5.41 Å². The molecule has 1 aromatic carbocycles. The van der Waals surface area contributed by atoms with Gasteiger partial charge in [-0.05, 0) is 89.7 Å². The molecule has 5 rings (SSSR count). The summed E-state index contributed by atoms with van der Waals surface area (Å²) in [6, 6.07) is 4.10. The number of nitrogens with one attached hydrogen (secondary N) is 4. The van der Waals surface area contributed by atoms with E-state index >= 15 is 0 Å². The number of benzene rings is 1. The number of β-lactam (4-membered cyclic amide) rings is 1. The van der Waals surface area contributed by atoms with E-state index in [-0.39, 0.29) is 23.3 Å². The number of hydrogen-bond donors (Lipinski definition) is 7. The van der Waals surface area contributed by atoms with E-state index in [2.05, 4.69) is 30.4 Å². The maximum absolute atomic E-state index is 13.5. The average Bonchev–Trinajstić information content (AvgIpc) is 3.30. The average molecular weight is 723 g/mol. The largest absolute Gasteiger partial charge is 0.485 e. The standard InChI is InChI=1S/C29H38N8O10S2/c1-28(2)22(25(39)37(28)47-49(42,43)44)35-24(38)21(18-14-48-27(31)34-18)36-46-29(3,26(40)41)20-9-7-15-13-16(6-8-19(15)45-20)23(30)33-17-5-4-11-32-12-10-17/h6,8,13-14,17,20,22,32H,4-5,7,9-12H2,1-3H3,(H2,30,33)(H2,31,34)(H,35,38)(H,40,41)(H,42,43,44)/b36-21-/t17-,20-,22-,29+/m1/s1. The van der Waals surface area contributed by atoms with Crippen molar-refractivity contribution in [1.29, 1.82) is 5.41 Å². The molecule has 3 aliphatic heterocycles. The number of carboxylic acid groups (broad SMARTS) is 1. The van der Waals surface area contributed by atoms with Gasteiger partial charge in [-0.1, -0.05) is 5.16 Å². The summed E-state index contributed by atoms with van der Waals surface area (Å²) in [4.78, 5) is 48.4. The summed E-state index contributed by atoms with van der Waals surface area (Å²) in [5.41, 5.74) is 3.08. The lowest BCUT2D eigenvalue weighted by Gasteiger charge is -2.50. The van der Waals surface area contributed by atoms with E-state index in [0.29, 0.717) is 28.6 Å². The van der Waals surface area contributed by atoms with Crippen molar-refractivity contribution in [2.45, 2.75) is 82.2 Å². The Hall–Kier alpha value is -4.37. The lowest BCUT2D eigenvalue weighted by Crippen LogP contribution is -2.76. The fourth-order valence-electron chi connectivity index (χ4n) is 5.78. The molecule has 0 spiro atoms. The van der Waals surface area contributed by atoms with Gasteiger partial charge in [0.1, 0.15) is 23.3 Å². The van der Waals surface area contributed by atoms with Crippen LogP contribution in [0.1, 0.15) is 63.3 Å². The highest BCUT2D eigenvalue weighted by Crippen LogP contribution is 2.35. The molecule has 0 aliphatic carbocycles. The molecule has 0 unspecified atom stereocenters. The van der Waals surface area contributed by atoms with Crippen LogP contribution in [-0.4, -0.2) is 99.9 Å². The molecule has 1 aromatic heterocycles. The van der Waals surface area contributed by atoms with E-state index in [0.717, 1.165) is 49.3 Å². The lowest BCUT2D eigenvalue weighted by atomic mass is 9.84. The summed E-state index contributed by atoms with van der Waals surface area (Å²) in [6.45, 7) is 5.83. The number of amides is 2. The SMILES string of the molecule is CC1(C)[C@H](NC(=O)/C(=N\O[C@](C)(C(=O)O)[C@H]2CCc3cc(C(=N)N[C@@H]4CCCNCC4)ccc3O2)c2csc(N)n2)C(=O)N1OS(=O)(=O)O. The van der Waals surface area contributed by atoms with Crippen LogP contribution in [0.15, 0.2) is 28.7 Å². The summed E-state index contributed by atoms with van der Waals surface area (Å²) in [5, 5.41) is 33.7. The van der Waals surface area contributed by atoms with Gasteiger partial charge >= 0.3 is 16.4 Å². The molecule has 266 valence electrons. The van der Waals surface area contributed by atoms with Crippen molar-refractivity contribution >= 4 is 56.2 Å². The Balaban J connectivity index is 1.32. The van der Waals surface area contributed by atoms with Gasteiger partial charge in [-0.3, -0.25) is 19.6 Å². The number of hydrogen-bond acceptors (Lipinski definition) is 14. The molecule has 2 amide bonds. The third kappa shape index (κ3) is 7.77.